The first kappa shape index (κ1) is 30.9. The molecular weight excluding hydrogens is 548 g/mol. The van der Waals surface area contributed by atoms with Gasteiger partial charge in [-0.3, -0.25) is 19.2 Å². The zero-order valence-electron chi connectivity index (χ0n) is 22.7. The van der Waals surface area contributed by atoms with Crippen molar-refractivity contribution in [1.82, 2.24) is 0 Å². The number of halogens is 1. The Bertz CT molecular complexity index is 1220. The standard InChI is InChI=1S/C28H31ClO11/c1-16(30)35-15-24-25(37-17(2)31)26(38-18(3)32)27(39-19(4)33)28(34-5,40-24)21-11-12-23(29)20(13-21)14-36-22-9-7-6-8-10-22/h6-13,24-27H,14-15H2,1-5H3/t24-,25-,26+,27?,28?/m1/s1. The van der Waals surface area contributed by atoms with Crippen LogP contribution in [0.25, 0.3) is 0 Å². The average molecular weight is 579 g/mol. The molecule has 11 nitrogen and oxygen atoms in total. The largest absolute Gasteiger partial charge is 0.489 e. The van der Waals surface area contributed by atoms with Gasteiger partial charge < -0.3 is 33.2 Å². The summed E-state index contributed by atoms with van der Waals surface area (Å²) < 4.78 is 39.8. The Kier molecular flexibility index (Phi) is 10.5. The maximum Gasteiger partial charge on any atom is 0.303 e. The van der Waals surface area contributed by atoms with Crippen LogP contribution in [0.4, 0.5) is 0 Å². The summed E-state index contributed by atoms with van der Waals surface area (Å²) in [7, 11) is 1.30. The van der Waals surface area contributed by atoms with E-state index in [2.05, 4.69) is 0 Å². The van der Waals surface area contributed by atoms with Crippen LogP contribution in [0.2, 0.25) is 5.02 Å². The van der Waals surface area contributed by atoms with Gasteiger partial charge in [0.25, 0.3) is 0 Å². The molecular formula is C28H31ClO11. The number of hydrogen-bond donors (Lipinski definition) is 0. The van der Waals surface area contributed by atoms with Gasteiger partial charge in [0, 0.05) is 51.0 Å². The zero-order chi connectivity index (χ0) is 29.4. The molecule has 0 saturated carbocycles. The highest BCUT2D eigenvalue weighted by molar-refractivity contribution is 6.31. The molecule has 12 heteroatoms. The smallest absolute Gasteiger partial charge is 0.303 e. The first-order valence-electron chi connectivity index (χ1n) is 12.3. The highest BCUT2D eigenvalue weighted by atomic mass is 35.5. The molecule has 40 heavy (non-hydrogen) atoms. The van der Waals surface area contributed by atoms with Crippen LogP contribution < -0.4 is 4.74 Å². The Morgan fingerprint density at radius 3 is 2.05 bits per heavy atom. The summed E-state index contributed by atoms with van der Waals surface area (Å²) in [6, 6.07) is 13.9. The van der Waals surface area contributed by atoms with E-state index in [9.17, 15) is 19.2 Å². The van der Waals surface area contributed by atoms with Crippen molar-refractivity contribution < 1.29 is 52.3 Å². The molecule has 0 spiro atoms. The van der Waals surface area contributed by atoms with Gasteiger partial charge in [-0.05, 0) is 24.3 Å². The SMILES string of the molecule is COC1(c2ccc(Cl)c(COc3ccccc3)c2)O[C@H](COC(C)=O)[C@@H](OC(C)=O)[C@H](OC(C)=O)C1OC(C)=O. The van der Waals surface area contributed by atoms with Crippen LogP contribution in [0.5, 0.6) is 5.75 Å². The number of rotatable bonds is 10. The zero-order valence-corrected chi connectivity index (χ0v) is 23.5. The number of hydrogen-bond acceptors (Lipinski definition) is 11. The van der Waals surface area contributed by atoms with Gasteiger partial charge >= 0.3 is 23.9 Å². The lowest BCUT2D eigenvalue weighted by molar-refractivity contribution is -0.367. The average Bonchev–Trinajstić information content (AvgIpc) is 2.89. The molecule has 2 aromatic rings. The Labute approximate surface area is 236 Å². The molecule has 0 radical (unpaired) electrons. The minimum absolute atomic E-state index is 0.0645. The minimum atomic E-state index is -1.93. The molecule has 0 N–H and O–H groups in total. The summed E-state index contributed by atoms with van der Waals surface area (Å²) in [5.74, 6) is -4.21. The minimum Gasteiger partial charge on any atom is -0.489 e. The molecule has 2 unspecified atom stereocenters. The van der Waals surface area contributed by atoms with Gasteiger partial charge in [-0.2, -0.15) is 0 Å². The first-order chi connectivity index (χ1) is 19.0. The third-order valence-electron chi connectivity index (χ3n) is 5.93. The molecule has 5 atom stereocenters. The van der Waals surface area contributed by atoms with Crippen molar-refractivity contribution in [2.75, 3.05) is 13.7 Å². The molecule has 3 rings (SSSR count). The molecule has 1 saturated heterocycles. The number of carbonyl (C=O) groups is 4. The first-order valence-corrected chi connectivity index (χ1v) is 12.7. The Hall–Kier alpha value is -3.67. The second-order valence-electron chi connectivity index (χ2n) is 8.92. The lowest BCUT2D eigenvalue weighted by atomic mass is 9.86. The highest BCUT2D eigenvalue weighted by Gasteiger charge is 2.61. The summed E-state index contributed by atoms with van der Waals surface area (Å²) in [6.45, 7) is 4.29. The predicted octanol–water partition coefficient (Wildman–Crippen LogP) is 3.48. The molecule has 216 valence electrons. The van der Waals surface area contributed by atoms with Crippen molar-refractivity contribution in [3.63, 3.8) is 0 Å². The fraction of sp³-hybridized carbons (Fsp3) is 0.429. The van der Waals surface area contributed by atoms with Gasteiger partial charge in [0.1, 0.15) is 25.1 Å². The predicted molar refractivity (Wildman–Crippen MR) is 139 cm³/mol. The van der Waals surface area contributed by atoms with E-state index in [1.807, 2.05) is 18.2 Å². The lowest BCUT2D eigenvalue weighted by Crippen LogP contribution is -2.67. The summed E-state index contributed by atoms with van der Waals surface area (Å²) in [5.41, 5.74) is 0.843. The number of para-hydroxylation sites is 1. The third kappa shape index (κ3) is 7.50. The number of benzene rings is 2. The summed E-state index contributed by atoms with van der Waals surface area (Å²) in [6.07, 6.45) is -5.43. The number of carbonyl (C=O) groups excluding carboxylic acids is 4. The van der Waals surface area contributed by atoms with Crippen molar-refractivity contribution in [1.29, 1.82) is 0 Å². The summed E-state index contributed by atoms with van der Waals surface area (Å²) >= 11 is 6.47. The van der Waals surface area contributed by atoms with E-state index in [0.717, 1.165) is 20.8 Å². The Morgan fingerprint density at radius 1 is 0.850 bits per heavy atom. The van der Waals surface area contributed by atoms with E-state index in [0.29, 0.717) is 21.9 Å². The maximum absolute atomic E-state index is 12.3. The van der Waals surface area contributed by atoms with Crippen LogP contribution in [0.15, 0.2) is 48.5 Å². The summed E-state index contributed by atoms with van der Waals surface area (Å²) in [4.78, 5) is 48.2. The topological polar surface area (TPSA) is 133 Å². The van der Waals surface area contributed by atoms with E-state index < -0.39 is 60.7 Å². The van der Waals surface area contributed by atoms with Crippen LogP contribution in [0.3, 0.4) is 0 Å². The van der Waals surface area contributed by atoms with Crippen molar-refractivity contribution in [3.05, 3.63) is 64.7 Å². The van der Waals surface area contributed by atoms with Crippen LogP contribution in [-0.2, 0) is 60.0 Å². The van der Waals surface area contributed by atoms with E-state index in [-0.39, 0.29) is 6.61 Å². The quantitative estimate of drug-likeness (QED) is 0.303. The Balaban J connectivity index is 2.14. The van der Waals surface area contributed by atoms with E-state index >= 15 is 0 Å². The fourth-order valence-corrected chi connectivity index (χ4v) is 4.53. The van der Waals surface area contributed by atoms with E-state index in [4.69, 9.17) is 44.8 Å². The molecule has 1 heterocycles. The number of ether oxygens (including phenoxy) is 7. The monoisotopic (exact) mass is 578 g/mol. The normalized spacial score (nSPS) is 23.9. The Morgan fingerprint density at radius 2 is 1.48 bits per heavy atom. The second kappa shape index (κ2) is 13.6. The van der Waals surface area contributed by atoms with Crippen molar-refractivity contribution in [2.24, 2.45) is 0 Å². The summed E-state index contributed by atoms with van der Waals surface area (Å²) in [5, 5.41) is 0.372. The lowest BCUT2D eigenvalue weighted by Gasteiger charge is -2.50. The van der Waals surface area contributed by atoms with Gasteiger partial charge in [-0.1, -0.05) is 35.9 Å². The molecule has 1 fully saturated rings. The van der Waals surface area contributed by atoms with Gasteiger partial charge in [-0.15, -0.1) is 0 Å². The number of methoxy groups -OCH3 is 1. The number of esters is 4. The third-order valence-corrected chi connectivity index (χ3v) is 6.30. The van der Waals surface area contributed by atoms with Crippen LogP contribution in [0.1, 0.15) is 38.8 Å². The van der Waals surface area contributed by atoms with Gasteiger partial charge in [0.2, 0.25) is 11.9 Å². The molecule has 1 aliphatic rings. The molecule has 0 bridgehead atoms. The van der Waals surface area contributed by atoms with Crippen molar-refractivity contribution in [3.8, 4) is 5.75 Å². The highest BCUT2D eigenvalue weighted by Crippen LogP contribution is 2.44. The van der Waals surface area contributed by atoms with E-state index in [1.54, 1.807) is 30.3 Å². The van der Waals surface area contributed by atoms with Crippen LogP contribution in [0, 0.1) is 0 Å². The fourth-order valence-electron chi connectivity index (χ4n) is 4.36. The maximum atomic E-state index is 12.3. The van der Waals surface area contributed by atoms with Crippen LogP contribution >= 0.6 is 11.6 Å². The van der Waals surface area contributed by atoms with Gasteiger partial charge in [-0.25, -0.2) is 0 Å². The second-order valence-corrected chi connectivity index (χ2v) is 9.32. The van der Waals surface area contributed by atoms with Gasteiger partial charge in [0.05, 0.1) is 0 Å². The van der Waals surface area contributed by atoms with Crippen molar-refractivity contribution >= 4 is 35.5 Å². The van der Waals surface area contributed by atoms with Gasteiger partial charge in [0.15, 0.2) is 12.2 Å². The molecule has 1 aliphatic heterocycles. The van der Waals surface area contributed by atoms with Crippen molar-refractivity contribution in [2.45, 2.75) is 64.5 Å². The molecule has 0 amide bonds. The molecule has 0 aliphatic carbocycles. The van der Waals surface area contributed by atoms with E-state index in [1.165, 1.54) is 14.0 Å². The molecule has 2 aromatic carbocycles. The van der Waals surface area contributed by atoms with Crippen LogP contribution in [-0.4, -0.2) is 62.0 Å². The molecule has 0 aromatic heterocycles.